The second-order valence-corrected chi connectivity index (χ2v) is 3.24. The number of unbranched alkanes of at least 4 members (excludes halogenated alkanes) is 1. The lowest BCUT2D eigenvalue weighted by Gasteiger charge is -2.00. The molecule has 0 radical (unpaired) electrons. The molecule has 1 N–H and O–H groups in total. The topological polar surface area (TPSA) is 20.2 Å². The van der Waals surface area contributed by atoms with Gasteiger partial charge in [-0.05, 0) is 31.0 Å². The van der Waals surface area contributed by atoms with Crippen LogP contribution in [0.4, 0.5) is 4.39 Å². The zero-order valence-electron chi connectivity index (χ0n) is 8.33. The molecule has 0 fully saturated rings. The maximum Gasteiger partial charge on any atom is 0.123 e. The fraction of sp³-hybridized carbons (Fsp3) is 0.333. The van der Waals surface area contributed by atoms with Crippen molar-refractivity contribution in [2.45, 2.75) is 26.2 Å². The molecule has 0 saturated carbocycles. The van der Waals surface area contributed by atoms with Crippen molar-refractivity contribution in [2.75, 3.05) is 0 Å². The average molecular weight is 194 g/mol. The molecule has 1 aromatic rings. The van der Waals surface area contributed by atoms with E-state index in [4.69, 9.17) is 0 Å². The van der Waals surface area contributed by atoms with Crippen molar-refractivity contribution >= 4 is 0 Å². The number of halogens is 1. The number of benzene rings is 1. The van der Waals surface area contributed by atoms with Crippen molar-refractivity contribution in [3.05, 3.63) is 41.7 Å². The van der Waals surface area contributed by atoms with Crippen LogP contribution in [0.5, 0.6) is 5.75 Å². The van der Waals surface area contributed by atoms with Gasteiger partial charge in [0.05, 0.1) is 0 Å². The smallest absolute Gasteiger partial charge is 0.123 e. The Hall–Kier alpha value is -1.31. The predicted molar refractivity (Wildman–Crippen MR) is 55.8 cm³/mol. The quantitative estimate of drug-likeness (QED) is 0.728. The average Bonchev–Trinajstić information content (AvgIpc) is 2.18. The summed E-state index contributed by atoms with van der Waals surface area (Å²) < 4.78 is 12.8. The molecular formula is C12H15FO. The molecule has 14 heavy (non-hydrogen) atoms. The number of phenolic OH excluding ortho intramolecular Hbond substituents is 1. The van der Waals surface area contributed by atoms with E-state index in [0.29, 0.717) is 12.0 Å². The Bertz CT molecular complexity index is 318. The minimum atomic E-state index is -0.304. The lowest BCUT2D eigenvalue weighted by Crippen LogP contribution is -1.84. The van der Waals surface area contributed by atoms with Crippen molar-refractivity contribution in [1.82, 2.24) is 0 Å². The SMILES string of the molecule is CCC/C=C\Cc1cc(F)ccc1O. The molecular weight excluding hydrogens is 179 g/mol. The summed E-state index contributed by atoms with van der Waals surface area (Å²) in [5, 5.41) is 9.39. The third kappa shape index (κ3) is 3.21. The number of rotatable bonds is 4. The van der Waals surface area contributed by atoms with Crippen LogP contribution in [0.25, 0.3) is 0 Å². The van der Waals surface area contributed by atoms with Crippen LogP contribution in [0.1, 0.15) is 25.3 Å². The lowest BCUT2D eigenvalue weighted by atomic mass is 10.1. The zero-order valence-corrected chi connectivity index (χ0v) is 8.33. The normalized spacial score (nSPS) is 11.0. The van der Waals surface area contributed by atoms with E-state index < -0.39 is 0 Å². The van der Waals surface area contributed by atoms with Crippen molar-refractivity contribution < 1.29 is 9.50 Å². The van der Waals surface area contributed by atoms with Gasteiger partial charge < -0.3 is 5.11 Å². The van der Waals surface area contributed by atoms with Crippen molar-refractivity contribution in [3.8, 4) is 5.75 Å². The van der Waals surface area contributed by atoms with E-state index in [1.807, 2.05) is 12.2 Å². The molecule has 0 aromatic heterocycles. The minimum Gasteiger partial charge on any atom is -0.508 e. The van der Waals surface area contributed by atoms with Gasteiger partial charge in [0.25, 0.3) is 0 Å². The van der Waals surface area contributed by atoms with Gasteiger partial charge in [0.1, 0.15) is 11.6 Å². The molecule has 0 unspecified atom stereocenters. The Labute approximate surface area is 83.9 Å². The molecule has 0 bridgehead atoms. The van der Waals surface area contributed by atoms with Crippen LogP contribution >= 0.6 is 0 Å². The summed E-state index contributed by atoms with van der Waals surface area (Å²) in [5.74, 6) is -0.144. The Balaban J connectivity index is 2.62. The lowest BCUT2D eigenvalue weighted by molar-refractivity contribution is 0.467. The molecule has 1 rings (SSSR count). The molecule has 2 heteroatoms. The van der Waals surface area contributed by atoms with E-state index in [2.05, 4.69) is 6.92 Å². The number of hydrogen-bond donors (Lipinski definition) is 1. The molecule has 76 valence electrons. The molecule has 1 nitrogen and oxygen atoms in total. The minimum absolute atomic E-state index is 0.160. The molecule has 0 aliphatic rings. The molecule has 0 amide bonds. The molecule has 0 aliphatic heterocycles. The molecule has 1 aromatic carbocycles. The first-order valence-corrected chi connectivity index (χ1v) is 4.86. The van der Waals surface area contributed by atoms with Gasteiger partial charge in [-0.3, -0.25) is 0 Å². The Morgan fingerprint density at radius 3 is 2.86 bits per heavy atom. The van der Waals surface area contributed by atoms with Gasteiger partial charge in [0.15, 0.2) is 0 Å². The summed E-state index contributed by atoms with van der Waals surface area (Å²) in [4.78, 5) is 0. The Morgan fingerprint density at radius 2 is 2.14 bits per heavy atom. The summed E-state index contributed by atoms with van der Waals surface area (Å²) >= 11 is 0. The van der Waals surface area contributed by atoms with Gasteiger partial charge in [-0.2, -0.15) is 0 Å². The highest BCUT2D eigenvalue weighted by atomic mass is 19.1. The first-order chi connectivity index (χ1) is 6.74. The molecule has 0 aliphatic carbocycles. The van der Waals surface area contributed by atoms with Gasteiger partial charge >= 0.3 is 0 Å². The summed E-state index contributed by atoms with van der Waals surface area (Å²) in [5.41, 5.74) is 0.636. The van der Waals surface area contributed by atoms with Crippen LogP contribution in [-0.2, 0) is 6.42 Å². The van der Waals surface area contributed by atoms with Gasteiger partial charge in [-0.15, -0.1) is 0 Å². The number of allylic oxidation sites excluding steroid dienone is 2. The van der Waals surface area contributed by atoms with Crippen LogP contribution in [-0.4, -0.2) is 5.11 Å². The summed E-state index contributed by atoms with van der Waals surface area (Å²) in [7, 11) is 0. The van der Waals surface area contributed by atoms with Crippen molar-refractivity contribution in [1.29, 1.82) is 0 Å². The fourth-order valence-corrected chi connectivity index (χ4v) is 1.21. The van der Waals surface area contributed by atoms with E-state index in [1.165, 1.54) is 18.2 Å². The highest BCUT2D eigenvalue weighted by Crippen LogP contribution is 2.18. The monoisotopic (exact) mass is 194 g/mol. The van der Waals surface area contributed by atoms with Gasteiger partial charge in [-0.1, -0.05) is 25.5 Å². The fourth-order valence-electron chi connectivity index (χ4n) is 1.21. The van der Waals surface area contributed by atoms with E-state index in [-0.39, 0.29) is 11.6 Å². The highest BCUT2D eigenvalue weighted by molar-refractivity contribution is 5.33. The molecule has 0 atom stereocenters. The van der Waals surface area contributed by atoms with Crippen LogP contribution in [0.3, 0.4) is 0 Å². The zero-order chi connectivity index (χ0) is 10.4. The summed E-state index contributed by atoms with van der Waals surface area (Å²) in [6.07, 6.45) is 6.72. The van der Waals surface area contributed by atoms with E-state index in [9.17, 15) is 9.50 Å². The third-order valence-corrected chi connectivity index (χ3v) is 2.00. The molecule has 0 heterocycles. The first-order valence-electron chi connectivity index (χ1n) is 4.86. The number of phenols is 1. The summed E-state index contributed by atoms with van der Waals surface area (Å²) in [6, 6.07) is 4.01. The Morgan fingerprint density at radius 1 is 1.36 bits per heavy atom. The summed E-state index contributed by atoms with van der Waals surface area (Å²) in [6.45, 7) is 2.10. The first kappa shape index (κ1) is 10.8. The Kier molecular flexibility index (Phi) is 4.17. The highest BCUT2D eigenvalue weighted by Gasteiger charge is 1.99. The molecule has 0 spiro atoms. The van der Waals surface area contributed by atoms with Gasteiger partial charge in [0.2, 0.25) is 0 Å². The van der Waals surface area contributed by atoms with Gasteiger partial charge in [-0.25, -0.2) is 4.39 Å². The second-order valence-electron chi connectivity index (χ2n) is 3.24. The number of aromatic hydroxyl groups is 1. The maximum absolute atomic E-state index is 12.8. The molecule has 0 saturated heterocycles. The van der Waals surface area contributed by atoms with Crippen LogP contribution in [0, 0.1) is 5.82 Å². The third-order valence-electron chi connectivity index (χ3n) is 2.00. The number of hydrogen-bond acceptors (Lipinski definition) is 1. The standard InChI is InChI=1S/C12H15FO/c1-2-3-4-5-6-10-9-11(13)7-8-12(10)14/h4-5,7-9,14H,2-3,6H2,1H3/b5-4-. The van der Waals surface area contributed by atoms with Crippen molar-refractivity contribution in [2.24, 2.45) is 0 Å². The maximum atomic E-state index is 12.8. The van der Waals surface area contributed by atoms with E-state index in [0.717, 1.165) is 12.8 Å². The van der Waals surface area contributed by atoms with Crippen LogP contribution in [0.15, 0.2) is 30.4 Å². The van der Waals surface area contributed by atoms with Gasteiger partial charge in [0, 0.05) is 5.56 Å². The van der Waals surface area contributed by atoms with Crippen molar-refractivity contribution in [3.63, 3.8) is 0 Å². The predicted octanol–water partition coefficient (Wildman–Crippen LogP) is 3.43. The largest absolute Gasteiger partial charge is 0.508 e. The van der Waals surface area contributed by atoms with Crippen LogP contribution in [0.2, 0.25) is 0 Å². The van der Waals surface area contributed by atoms with E-state index >= 15 is 0 Å². The second kappa shape index (κ2) is 5.43. The van der Waals surface area contributed by atoms with E-state index in [1.54, 1.807) is 0 Å². The van der Waals surface area contributed by atoms with Crippen LogP contribution < -0.4 is 0 Å².